The summed E-state index contributed by atoms with van der Waals surface area (Å²) < 4.78 is 10.9. The number of hydrogen-bond donors (Lipinski definition) is 0. The summed E-state index contributed by atoms with van der Waals surface area (Å²) in [4.78, 5) is 0. The topological polar surface area (TPSA) is 18.5 Å². The van der Waals surface area contributed by atoms with Crippen molar-refractivity contribution in [1.29, 1.82) is 0 Å². The van der Waals surface area contributed by atoms with Crippen molar-refractivity contribution in [1.82, 2.24) is 0 Å². The Balaban J connectivity index is 2.36. The van der Waals surface area contributed by atoms with Crippen LogP contribution in [0.3, 0.4) is 0 Å². The number of ether oxygens (including phenoxy) is 2. The van der Waals surface area contributed by atoms with Gasteiger partial charge in [0.15, 0.2) is 6.29 Å². The second-order valence-corrected chi connectivity index (χ2v) is 3.69. The Kier molecular flexibility index (Phi) is 2.68. The zero-order valence-electron chi connectivity index (χ0n) is 7.46. The van der Waals surface area contributed by atoms with Crippen molar-refractivity contribution < 1.29 is 9.47 Å². The Morgan fingerprint density at radius 3 is 2.64 bits per heavy atom. The second-order valence-electron chi connectivity index (χ2n) is 3.69. The maximum Gasteiger partial charge on any atom is 0.177 e. The molecule has 1 rings (SSSR count). The maximum atomic E-state index is 5.57. The summed E-state index contributed by atoms with van der Waals surface area (Å²) in [6.45, 7) is 6.85. The van der Waals surface area contributed by atoms with Gasteiger partial charge in [-0.25, -0.2) is 0 Å². The predicted molar refractivity (Wildman–Crippen MR) is 44.3 cm³/mol. The molecule has 0 aliphatic carbocycles. The molecule has 0 fully saturated rings. The van der Waals surface area contributed by atoms with Crippen LogP contribution in [0.5, 0.6) is 0 Å². The molecule has 0 aromatic carbocycles. The van der Waals surface area contributed by atoms with E-state index < -0.39 is 0 Å². The molecule has 64 valence electrons. The Hall–Kier alpha value is -0.340. The molecule has 0 bridgehead atoms. The molecule has 0 saturated carbocycles. The molecule has 0 N–H and O–H groups in total. The quantitative estimate of drug-likeness (QED) is 0.541. The second kappa shape index (κ2) is 3.37. The van der Waals surface area contributed by atoms with E-state index in [9.17, 15) is 0 Å². The summed E-state index contributed by atoms with van der Waals surface area (Å²) in [5.74, 6) is 0. The summed E-state index contributed by atoms with van der Waals surface area (Å²) in [6, 6.07) is 0. The van der Waals surface area contributed by atoms with Crippen LogP contribution in [0.2, 0.25) is 0 Å². The van der Waals surface area contributed by atoms with Crippen molar-refractivity contribution >= 4 is 0 Å². The predicted octanol–water partition coefficient (Wildman–Crippen LogP) is 2.10. The van der Waals surface area contributed by atoms with Gasteiger partial charge in [-0.05, 0) is 33.3 Å². The summed E-state index contributed by atoms with van der Waals surface area (Å²) in [5, 5.41) is 0. The Morgan fingerprint density at radius 1 is 1.45 bits per heavy atom. The molecule has 11 heavy (non-hydrogen) atoms. The number of rotatable bonds is 1. The minimum Gasteiger partial charge on any atom is -0.349 e. The molecule has 2 heteroatoms. The minimum atomic E-state index is -0.135. The van der Waals surface area contributed by atoms with Crippen molar-refractivity contribution in [2.24, 2.45) is 0 Å². The van der Waals surface area contributed by atoms with Crippen molar-refractivity contribution in [3.05, 3.63) is 12.2 Å². The molecular weight excluding hydrogens is 140 g/mol. The van der Waals surface area contributed by atoms with Crippen LogP contribution in [0.15, 0.2) is 12.2 Å². The van der Waals surface area contributed by atoms with E-state index in [0.29, 0.717) is 0 Å². The average Bonchev–Trinajstić information content (AvgIpc) is 1.85. The van der Waals surface area contributed by atoms with Crippen LogP contribution in [0.1, 0.15) is 27.2 Å². The lowest BCUT2D eigenvalue weighted by Crippen LogP contribution is -2.29. The SMILES string of the molecule is CC(C)(C)OC1C=CCCO1. The van der Waals surface area contributed by atoms with Gasteiger partial charge in [-0.1, -0.05) is 6.08 Å². The molecule has 0 spiro atoms. The molecule has 2 nitrogen and oxygen atoms in total. The third kappa shape index (κ3) is 3.54. The van der Waals surface area contributed by atoms with Gasteiger partial charge >= 0.3 is 0 Å². The standard InChI is InChI=1S/C9H16O2/c1-9(2,3)11-8-6-4-5-7-10-8/h4,6,8H,5,7H2,1-3H3. The normalized spacial score (nSPS) is 25.5. The van der Waals surface area contributed by atoms with Gasteiger partial charge in [0, 0.05) is 0 Å². The summed E-state index contributed by atoms with van der Waals surface area (Å²) in [7, 11) is 0. The van der Waals surface area contributed by atoms with E-state index in [1.165, 1.54) is 0 Å². The zero-order valence-corrected chi connectivity index (χ0v) is 7.46. The molecule has 1 atom stereocenters. The summed E-state index contributed by atoms with van der Waals surface area (Å²) in [5.41, 5.74) is -0.119. The fourth-order valence-electron chi connectivity index (χ4n) is 0.937. The van der Waals surface area contributed by atoms with Crippen LogP contribution < -0.4 is 0 Å². The molecule has 0 amide bonds. The lowest BCUT2D eigenvalue weighted by atomic mass is 10.2. The van der Waals surface area contributed by atoms with Crippen LogP contribution in [0, 0.1) is 0 Å². The Bertz CT molecular complexity index is 144. The van der Waals surface area contributed by atoms with Crippen molar-refractivity contribution in [2.45, 2.75) is 39.1 Å². The van der Waals surface area contributed by atoms with Gasteiger partial charge in [0.05, 0.1) is 12.2 Å². The molecule has 1 aliphatic rings. The lowest BCUT2D eigenvalue weighted by molar-refractivity contribution is -0.171. The van der Waals surface area contributed by atoms with E-state index in [0.717, 1.165) is 13.0 Å². The summed E-state index contributed by atoms with van der Waals surface area (Å²) >= 11 is 0. The lowest BCUT2D eigenvalue weighted by Gasteiger charge is -2.27. The van der Waals surface area contributed by atoms with Crippen LogP contribution in [-0.2, 0) is 9.47 Å². The first kappa shape index (κ1) is 8.75. The third-order valence-electron chi connectivity index (χ3n) is 1.33. The highest BCUT2D eigenvalue weighted by atomic mass is 16.7. The molecular formula is C9H16O2. The molecule has 0 radical (unpaired) electrons. The highest BCUT2D eigenvalue weighted by molar-refractivity contribution is 4.89. The first-order chi connectivity index (χ1) is 5.08. The van der Waals surface area contributed by atoms with Crippen molar-refractivity contribution in [2.75, 3.05) is 6.61 Å². The van der Waals surface area contributed by atoms with Gasteiger partial charge in [0.1, 0.15) is 0 Å². The molecule has 1 aliphatic heterocycles. The van der Waals surface area contributed by atoms with E-state index in [1.807, 2.05) is 26.8 Å². The van der Waals surface area contributed by atoms with Gasteiger partial charge in [0.25, 0.3) is 0 Å². The first-order valence-electron chi connectivity index (χ1n) is 4.04. The minimum absolute atomic E-state index is 0.119. The Labute approximate surface area is 68.2 Å². The highest BCUT2D eigenvalue weighted by Gasteiger charge is 2.17. The molecule has 1 heterocycles. The third-order valence-corrected chi connectivity index (χ3v) is 1.33. The maximum absolute atomic E-state index is 5.57. The average molecular weight is 156 g/mol. The van der Waals surface area contributed by atoms with Gasteiger partial charge < -0.3 is 9.47 Å². The summed E-state index contributed by atoms with van der Waals surface area (Å²) in [6.07, 6.45) is 4.93. The first-order valence-corrected chi connectivity index (χ1v) is 4.04. The van der Waals surface area contributed by atoms with E-state index in [2.05, 4.69) is 6.08 Å². The molecule has 0 saturated heterocycles. The van der Waals surface area contributed by atoms with Gasteiger partial charge in [-0.2, -0.15) is 0 Å². The van der Waals surface area contributed by atoms with Gasteiger partial charge in [-0.15, -0.1) is 0 Å². The number of hydrogen-bond acceptors (Lipinski definition) is 2. The van der Waals surface area contributed by atoms with Crippen LogP contribution in [0.25, 0.3) is 0 Å². The Morgan fingerprint density at radius 2 is 2.18 bits per heavy atom. The van der Waals surface area contributed by atoms with E-state index in [1.54, 1.807) is 0 Å². The van der Waals surface area contributed by atoms with Gasteiger partial charge in [0.2, 0.25) is 0 Å². The molecule has 0 aromatic rings. The smallest absolute Gasteiger partial charge is 0.177 e. The molecule has 1 unspecified atom stereocenters. The fraction of sp³-hybridized carbons (Fsp3) is 0.778. The zero-order chi connectivity index (χ0) is 8.32. The van der Waals surface area contributed by atoms with E-state index in [-0.39, 0.29) is 11.9 Å². The van der Waals surface area contributed by atoms with Crippen LogP contribution in [-0.4, -0.2) is 18.5 Å². The fourth-order valence-corrected chi connectivity index (χ4v) is 0.937. The highest BCUT2D eigenvalue weighted by Crippen LogP contribution is 2.15. The monoisotopic (exact) mass is 156 g/mol. The van der Waals surface area contributed by atoms with Crippen molar-refractivity contribution in [3.8, 4) is 0 Å². The van der Waals surface area contributed by atoms with Crippen LogP contribution in [0.4, 0.5) is 0 Å². The molecule has 0 aromatic heterocycles. The van der Waals surface area contributed by atoms with E-state index >= 15 is 0 Å². The van der Waals surface area contributed by atoms with E-state index in [4.69, 9.17) is 9.47 Å². The largest absolute Gasteiger partial charge is 0.349 e. The van der Waals surface area contributed by atoms with Crippen molar-refractivity contribution in [3.63, 3.8) is 0 Å². The van der Waals surface area contributed by atoms with Gasteiger partial charge in [-0.3, -0.25) is 0 Å². The van der Waals surface area contributed by atoms with Crippen LogP contribution >= 0.6 is 0 Å².